The quantitative estimate of drug-likeness (QED) is 0.873. The van der Waals surface area contributed by atoms with Gasteiger partial charge in [-0.2, -0.15) is 5.21 Å². The van der Waals surface area contributed by atoms with Crippen LogP contribution in [0.5, 0.6) is 0 Å². The van der Waals surface area contributed by atoms with Crippen LogP contribution in [0.15, 0.2) is 22.8 Å². The summed E-state index contributed by atoms with van der Waals surface area (Å²) in [5.74, 6) is 1.32. The van der Waals surface area contributed by atoms with Crippen LogP contribution in [0.4, 0.5) is 10.6 Å². The van der Waals surface area contributed by atoms with Gasteiger partial charge in [0.15, 0.2) is 11.5 Å². The van der Waals surface area contributed by atoms with Crippen molar-refractivity contribution in [1.82, 2.24) is 25.2 Å². The smallest absolute Gasteiger partial charge is 0.323 e. The molecule has 0 saturated carbocycles. The average Bonchev–Trinajstić information content (AvgIpc) is 3.43. The molecule has 2 N–H and O–H groups in total. The van der Waals surface area contributed by atoms with Crippen molar-refractivity contribution in [3.05, 3.63) is 29.9 Å². The molecule has 0 aromatic carbocycles. The Balaban J connectivity index is 1.36. The number of likely N-dealkylation sites (tertiary alicyclic amines) is 2. The van der Waals surface area contributed by atoms with Crippen LogP contribution in [0.25, 0.3) is 0 Å². The number of aromatic nitrogens is 3. The Bertz CT molecular complexity index is 757. The van der Waals surface area contributed by atoms with E-state index in [1.54, 1.807) is 16.1 Å². The molecule has 4 rings (SSSR count). The lowest BCUT2D eigenvalue weighted by Crippen LogP contribution is -2.41. The molecule has 0 unspecified atom stereocenters. The molecule has 26 heavy (non-hydrogen) atoms. The summed E-state index contributed by atoms with van der Waals surface area (Å²) in [4.78, 5) is 28.5. The van der Waals surface area contributed by atoms with Crippen LogP contribution in [-0.2, 0) is 0 Å². The Morgan fingerprint density at radius 1 is 1.12 bits per heavy atom. The first-order valence-electron chi connectivity index (χ1n) is 9.02. The Hall–Kier alpha value is -2.84. The fourth-order valence-corrected chi connectivity index (χ4v) is 3.61. The third kappa shape index (κ3) is 3.29. The van der Waals surface area contributed by atoms with Gasteiger partial charge in [0.2, 0.25) is 0 Å². The van der Waals surface area contributed by atoms with Gasteiger partial charge >= 0.3 is 6.03 Å². The number of nitrogens with zero attached hydrogens (tertiary/aromatic N) is 4. The van der Waals surface area contributed by atoms with E-state index in [4.69, 9.17) is 4.42 Å². The molecule has 0 bridgehead atoms. The zero-order valence-corrected chi connectivity index (χ0v) is 14.5. The molecule has 2 aromatic heterocycles. The molecule has 2 fully saturated rings. The predicted molar refractivity (Wildman–Crippen MR) is 92.8 cm³/mol. The molecule has 0 atom stereocenters. The molecule has 2 saturated heterocycles. The monoisotopic (exact) mass is 358 g/mol. The number of piperidine rings is 1. The minimum atomic E-state index is -0.257. The van der Waals surface area contributed by atoms with E-state index in [1.807, 2.05) is 12.1 Å². The summed E-state index contributed by atoms with van der Waals surface area (Å²) in [5.41, 5.74) is 0.172. The molecule has 9 heteroatoms. The summed E-state index contributed by atoms with van der Waals surface area (Å²) < 4.78 is 5.46. The maximum Gasteiger partial charge on any atom is 0.323 e. The molecular weight excluding hydrogens is 336 g/mol. The standard InChI is InChI=1S/C17H22N6O3/c24-16(22-7-1-2-8-22)14-15(20-21-19-14)18-17(25)23-9-5-12(6-10-23)13-4-3-11-26-13/h3-4,11-12H,1-2,5-10H2,(H2,18,19,20,21,25). The lowest BCUT2D eigenvalue weighted by molar-refractivity contribution is 0.0788. The number of aromatic amines is 1. The zero-order valence-electron chi connectivity index (χ0n) is 14.5. The van der Waals surface area contributed by atoms with E-state index in [9.17, 15) is 9.59 Å². The van der Waals surface area contributed by atoms with Crippen molar-refractivity contribution >= 4 is 17.8 Å². The Morgan fingerprint density at radius 2 is 1.88 bits per heavy atom. The van der Waals surface area contributed by atoms with Crippen LogP contribution in [0, 0.1) is 0 Å². The molecule has 0 spiro atoms. The number of carbonyl (C=O) groups is 2. The highest BCUT2D eigenvalue weighted by Gasteiger charge is 2.29. The van der Waals surface area contributed by atoms with Gasteiger partial charge in [-0.05, 0) is 37.8 Å². The van der Waals surface area contributed by atoms with Gasteiger partial charge in [-0.3, -0.25) is 10.1 Å². The van der Waals surface area contributed by atoms with E-state index in [0.29, 0.717) is 19.0 Å². The number of carbonyl (C=O) groups excluding carboxylic acids is 2. The number of urea groups is 1. The zero-order chi connectivity index (χ0) is 17.9. The average molecular weight is 358 g/mol. The Kier molecular flexibility index (Phi) is 4.59. The maximum atomic E-state index is 12.5. The van der Waals surface area contributed by atoms with Crippen LogP contribution < -0.4 is 5.32 Å². The van der Waals surface area contributed by atoms with E-state index in [2.05, 4.69) is 20.7 Å². The molecular formula is C17H22N6O3. The fourth-order valence-electron chi connectivity index (χ4n) is 3.61. The normalized spacial score (nSPS) is 18.3. The topological polar surface area (TPSA) is 107 Å². The van der Waals surface area contributed by atoms with Gasteiger partial charge in [-0.25, -0.2) is 4.79 Å². The van der Waals surface area contributed by atoms with Crippen LogP contribution in [0.3, 0.4) is 0 Å². The molecule has 9 nitrogen and oxygen atoms in total. The molecule has 2 aliphatic heterocycles. The summed E-state index contributed by atoms with van der Waals surface area (Å²) in [6.07, 6.45) is 5.36. The molecule has 3 amide bonds. The first-order chi connectivity index (χ1) is 12.7. The fraction of sp³-hybridized carbons (Fsp3) is 0.529. The largest absolute Gasteiger partial charge is 0.469 e. The number of amides is 3. The molecule has 0 radical (unpaired) electrons. The van der Waals surface area contributed by atoms with Crippen LogP contribution in [0.1, 0.15) is 47.8 Å². The summed E-state index contributed by atoms with van der Waals surface area (Å²) >= 11 is 0. The second kappa shape index (κ2) is 7.19. The lowest BCUT2D eigenvalue weighted by atomic mass is 9.94. The highest BCUT2D eigenvalue weighted by atomic mass is 16.3. The van der Waals surface area contributed by atoms with Crippen molar-refractivity contribution in [3.63, 3.8) is 0 Å². The number of furan rings is 1. The van der Waals surface area contributed by atoms with Crippen molar-refractivity contribution in [2.75, 3.05) is 31.5 Å². The van der Waals surface area contributed by atoms with E-state index < -0.39 is 0 Å². The minimum absolute atomic E-state index is 0.172. The maximum absolute atomic E-state index is 12.5. The predicted octanol–water partition coefficient (Wildman–Crippen LogP) is 2.05. The number of H-pyrrole nitrogens is 1. The van der Waals surface area contributed by atoms with Crippen LogP contribution in [0.2, 0.25) is 0 Å². The summed E-state index contributed by atoms with van der Waals surface area (Å²) in [7, 11) is 0. The number of anilines is 1. The second-order valence-electron chi connectivity index (χ2n) is 6.73. The number of rotatable bonds is 3. The first-order valence-corrected chi connectivity index (χ1v) is 9.02. The van der Waals surface area contributed by atoms with Gasteiger partial charge in [0.05, 0.1) is 6.26 Å². The Labute approximate surface area is 150 Å². The lowest BCUT2D eigenvalue weighted by Gasteiger charge is -2.30. The summed E-state index contributed by atoms with van der Waals surface area (Å²) in [6.45, 7) is 2.70. The number of hydrogen-bond donors (Lipinski definition) is 2. The van der Waals surface area contributed by atoms with Gasteiger partial charge in [-0.1, -0.05) is 0 Å². The number of hydrogen-bond acceptors (Lipinski definition) is 5. The summed E-state index contributed by atoms with van der Waals surface area (Å²) in [5, 5.41) is 13.0. The van der Waals surface area contributed by atoms with Crippen LogP contribution in [-0.4, -0.2) is 63.3 Å². The van der Waals surface area contributed by atoms with E-state index >= 15 is 0 Å². The van der Waals surface area contributed by atoms with Gasteiger partial charge < -0.3 is 14.2 Å². The minimum Gasteiger partial charge on any atom is -0.469 e. The summed E-state index contributed by atoms with van der Waals surface area (Å²) in [6, 6.07) is 3.61. The van der Waals surface area contributed by atoms with Crippen molar-refractivity contribution in [3.8, 4) is 0 Å². The highest BCUT2D eigenvalue weighted by Crippen LogP contribution is 2.28. The van der Waals surface area contributed by atoms with Crippen molar-refractivity contribution in [2.24, 2.45) is 0 Å². The van der Waals surface area contributed by atoms with Gasteiger partial charge in [0.1, 0.15) is 5.76 Å². The molecule has 2 aromatic rings. The molecule has 138 valence electrons. The van der Waals surface area contributed by atoms with Crippen molar-refractivity contribution < 1.29 is 14.0 Å². The third-order valence-electron chi connectivity index (χ3n) is 5.10. The van der Waals surface area contributed by atoms with E-state index in [1.165, 1.54) is 0 Å². The second-order valence-corrected chi connectivity index (χ2v) is 6.73. The third-order valence-corrected chi connectivity index (χ3v) is 5.10. The van der Waals surface area contributed by atoms with Crippen molar-refractivity contribution in [1.29, 1.82) is 0 Å². The van der Waals surface area contributed by atoms with E-state index in [0.717, 1.165) is 44.5 Å². The molecule has 0 aliphatic carbocycles. The van der Waals surface area contributed by atoms with Crippen LogP contribution >= 0.6 is 0 Å². The SMILES string of the molecule is O=C(Nc1n[nH]nc1C(=O)N1CCCC1)N1CCC(c2ccco2)CC1. The first kappa shape index (κ1) is 16.6. The number of nitrogens with one attached hydrogen (secondary N) is 2. The van der Waals surface area contributed by atoms with Gasteiger partial charge in [-0.15, -0.1) is 10.2 Å². The van der Waals surface area contributed by atoms with Gasteiger partial charge in [0.25, 0.3) is 5.91 Å². The Morgan fingerprint density at radius 3 is 2.58 bits per heavy atom. The van der Waals surface area contributed by atoms with Gasteiger partial charge in [0, 0.05) is 32.1 Å². The molecule has 4 heterocycles. The van der Waals surface area contributed by atoms with Crippen molar-refractivity contribution in [2.45, 2.75) is 31.6 Å². The van der Waals surface area contributed by atoms with E-state index in [-0.39, 0.29) is 23.5 Å². The highest BCUT2D eigenvalue weighted by molar-refractivity contribution is 6.00. The molecule has 2 aliphatic rings.